The maximum Gasteiger partial charge on any atom is 0.0620 e. The lowest BCUT2D eigenvalue weighted by Gasteiger charge is -2.36. The Hall–Kier alpha value is -1.12. The lowest BCUT2D eigenvalue weighted by Crippen LogP contribution is -2.32. The predicted molar refractivity (Wildman–Crippen MR) is 93.5 cm³/mol. The third-order valence-corrected chi connectivity index (χ3v) is 5.31. The molecule has 0 radical (unpaired) electrons. The highest BCUT2D eigenvalue weighted by molar-refractivity contribution is 5.10. The van der Waals surface area contributed by atoms with Crippen LogP contribution in [0.1, 0.15) is 72.1 Å². The van der Waals surface area contributed by atoms with Gasteiger partial charge in [-0.25, -0.2) is 5.01 Å². The van der Waals surface area contributed by atoms with Gasteiger partial charge in [-0.2, -0.15) is 5.11 Å². The van der Waals surface area contributed by atoms with E-state index in [0.717, 1.165) is 6.54 Å². The molecular weight excluding hydrogens is 270 g/mol. The van der Waals surface area contributed by atoms with Crippen molar-refractivity contribution in [2.45, 2.75) is 78.2 Å². The fraction of sp³-hybridized carbons (Fsp3) is 0.789. The molecular formula is C19H33N3. The van der Waals surface area contributed by atoms with E-state index in [1.54, 1.807) is 0 Å². The van der Waals surface area contributed by atoms with Crippen LogP contribution in [-0.4, -0.2) is 17.6 Å². The summed E-state index contributed by atoms with van der Waals surface area (Å²) >= 11 is 0. The van der Waals surface area contributed by atoms with Crippen LogP contribution in [0.2, 0.25) is 0 Å². The molecule has 3 nitrogen and oxygen atoms in total. The zero-order chi connectivity index (χ0) is 15.9. The molecule has 22 heavy (non-hydrogen) atoms. The Kier molecular flexibility index (Phi) is 6.66. The quantitative estimate of drug-likeness (QED) is 0.596. The van der Waals surface area contributed by atoms with Gasteiger partial charge in [-0.15, -0.1) is 0 Å². The average Bonchev–Trinajstić information content (AvgIpc) is 2.62. The number of hydrogen-bond acceptors (Lipinski definition) is 3. The molecule has 0 amide bonds. The molecule has 1 saturated carbocycles. The molecule has 2 rings (SSSR count). The minimum atomic E-state index is 0.457. The summed E-state index contributed by atoms with van der Waals surface area (Å²) in [5.74, 6) is 1.29. The van der Waals surface area contributed by atoms with Crippen LogP contribution < -0.4 is 0 Å². The first kappa shape index (κ1) is 17.2. The Balaban J connectivity index is 2.14. The van der Waals surface area contributed by atoms with Gasteiger partial charge in [-0.05, 0) is 58.8 Å². The summed E-state index contributed by atoms with van der Waals surface area (Å²) in [4.78, 5) is 0. The second-order valence-corrected chi connectivity index (χ2v) is 7.12. The molecule has 1 aliphatic heterocycles. The van der Waals surface area contributed by atoms with Crippen molar-refractivity contribution in [3.63, 3.8) is 0 Å². The SMILES string of the molecule is C=C(C)C1CCCC(C(=CC)N2N=NCCCCCC2C)C1. The van der Waals surface area contributed by atoms with E-state index in [9.17, 15) is 0 Å². The van der Waals surface area contributed by atoms with Gasteiger partial charge in [-0.3, -0.25) is 0 Å². The summed E-state index contributed by atoms with van der Waals surface area (Å²) < 4.78 is 0. The van der Waals surface area contributed by atoms with Crippen molar-refractivity contribution >= 4 is 0 Å². The van der Waals surface area contributed by atoms with Gasteiger partial charge in [0.25, 0.3) is 0 Å². The molecule has 0 aromatic carbocycles. The number of allylic oxidation sites excluding steroid dienone is 3. The maximum atomic E-state index is 4.61. The normalized spacial score (nSPS) is 31.3. The summed E-state index contributed by atoms with van der Waals surface area (Å²) in [5.41, 5.74) is 2.74. The lowest BCUT2D eigenvalue weighted by molar-refractivity contribution is 0.192. The average molecular weight is 303 g/mol. The molecule has 0 aromatic heterocycles. The van der Waals surface area contributed by atoms with Gasteiger partial charge < -0.3 is 0 Å². The zero-order valence-corrected chi connectivity index (χ0v) is 14.7. The Morgan fingerprint density at radius 1 is 1.09 bits per heavy atom. The van der Waals surface area contributed by atoms with Crippen molar-refractivity contribution in [1.82, 2.24) is 5.01 Å². The standard InChI is InChI=1S/C19H33N3/c1-5-19(18-12-9-11-17(14-18)15(2)3)22-16(4)10-7-6-8-13-20-21-22/h5,16-18H,2,6-14H2,1,3-4H3. The topological polar surface area (TPSA) is 28.0 Å². The van der Waals surface area contributed by atoms with Crippen molar-refractivity contribution in [3.05, 3.63) is 23.9 Å². The van der Waals surface area contributed by atoms with E-state index in [4.69, 9.17) is 0 Å². The summed E-state index contributed by atoms with van der Waals surface area (Å²) in [6, 6.07) is 0.457. The third kappa shape index (κ3) is 4.44. The van der Waals surface area contributed by atoms with Gasteiger partial charge in [0.05, 0.1) is 12.6 Å². The predicted octanol–water partition coefficient (Wildman–Crippen LogP) is 5.90. The van der Waals surface area contributed by atoms with E-state index in [-0.39, 0.29) is 0 Å². The van der Waals surface area contributed by atoms with Crippen molar-refractivity contribution in [2.24, 2.45) is 22.2 Å². The van der Waals surface area contributed by atoms with Gasteiger partial charge in [0.2, 0.25) is 0 Å². The van der Waals surface area contributed by atoms with Gasteiger partial charge in [-0.1, -0.05) is 42.7 Å². The number of rotatable bonds is 3. The molecule has 3 atom stereocenters. The first-order chi connectivity index (χ1) is 10.6. The van der Waals surface area contributed by atoms with Crippen LogP contribution in [0.4, 0.5) is 0 Å². The molecule has 3 heteroatoms. The molecule has 0 spiro atoms. The number of hydrogen-bond donors (Lipinski definition) is 0. The monoisotopic (exact) mass is 303 g/mol. The largest absolute Gasteiger partial charge is 0.249 e. The van der Waals surface area contributed by atoms with Crippen molar-refractivity contribution in [3.8, 4) is 0 Å². The molecule has 1 heterocycles. The lowest BCUT2D eigenvalue weighted by atomic mass is 9.77. The Bertz CT molecular complexity index is 424. The maximum absolute atomic E-state index is 4.61. The van der Waals surface area contributed by atoms with Crippen LogP contribution in [0.3, 0.4) is 0 Å². The van der Waals surface area contributed by atoms with Crippen LogP contribution in [0.25, 0.3) is 0 Å². The molecule has 0 saturated heterocycles. The van der Waals surface area contributed by atoms with Crippen molar-refractivity contribution in [2.75, 3.05) is 6.54 Å². The van der Waals surface area contributed by atoms with Crippen LogP contribution in [-0.2, 0) is 0 Å². The van der Waals surface area contributed by atoms with E-state index < -0.39 is 0 Å². The molecule has 0 aromatic rings. The van der Waals surface area contributed by atoms with Crippen LogP contribution >= 0.6 is 0 Å². The van der Waals surface area contributed by atoms with Crippen LogP contribution in [0.5, 0.6) is 0 Å². The minimum absolute atomic E-state index is 0.457. The molecule has 3 unspecified atom stereocenters. The fourth-order valence-electron chi connectivity index (χ4n) is 3.89. The molecule has 2 aliphatic rings. The Morgan fingerprint density at radius 3 is 2.59 bits per heavy atom. The van der Waals surface area contributed by atoms with E-state index >= 15 is 0 Å². The van der Waals surface area contributed by atoms with E-state index in [1.807, 2.05) is 0 Å². The minimum Gasteiger partial charge on any atom is -0.249 e. The van der Waals surface area contributed by atoms with Crippen LogP contribution in [0, 0.1) is 11.8 Å². The molecule has 0 bridgehead atoms. The van der Waals surface area contributed by atoms with Crippen LogP contribution in [0.15, 0.2) is 34.3 Å². The molecule has 0 N–H and O–H groups in total. The number of nitrogens with zero attached hydrogens (tertiary/aromatic N) is 3. The molecule has 124 valence electrons. The zero-order valence-electron chi connectivity index (χ0n) is 14.7. The Morgan fingerprint density at radius 2 is 1.86 bits per heavy atom. The van der Waals surface area contributed by atoms with Crippen molar-refractivity contribution < 1.29 is 0 Å². The second kappa shape index (κ2) is 8.50. The van der Waals surface area contributed by atoms with E-state index in [1.165, 1.54) is 62.6 Å². The molecule has 1 fully saturated rings. The highest BCUT2D eigenvalue weighted by Gasteiger charge is 2.29. The highest BCUT2D eigenvalue weighted by Crippen LogP contribution is 2.38. The highest BCUT2D eigenvalue weighted by atomic mass is 15.6. The van der Waals surface area contributed by atoms with Gasteiger partial charge >= 0.3 is 0 Å². The van der Waals surface area contributed by atoms with Gasteiger partial charge in [0, 0.05) is 11.6 Å². The fourth-order valence-corrected chi connectivity index (χ4v) is 3.89. The smallest absolute Gasteiger partial charge is 0.0620 e. The van der Waals surface area contributed by atoms with E-state index in [2.05, 4.69) is 48.8 Å². The summed E-state index contributed by atoms with van der Waals surface area (Å²) in [6.45, 7) is 11.7. The summed E-state index contributed by atoms with van der Waals surface area (Å²) in [6.07, 6.45) is 12.4. The van der Waals surface area contributed by atoms with Gasteiger partial charge in [0.15, 0.2) is 0 Å². The Labute approximate surface area is 136 Å². The molecule has 1 aliphatic carbocycles. The van der Waals surface area contributed by atoms with Gasteiger partial charge in [0.1, 0.15) is 0 Å². The second-order valence-electron chi connectivity index (χ2n) is 7.12. The summed E-state index contributed by atoms with van der Waals surface area (Å²) in [7, 11) is 0. The third-order valence-electron chi connectivity index (χ3n) is 5.31. The van der Waals surface area contributed by atoms with Crippen molar-refractivity contribution in [1.29, 1.82) is 0 Å². The first-order valence-corrected chi connectivity index (χ1v) is 9.11. The summed E-state index contributed by atoms with van der Waals surface area (Å²) in [5, 5.41) is 11.3. The first-order valence-electron chi connectivity index (χ1n) is 9.11. The van der Waals surface area contributed by atoms with E-state index in [0.29, 0.717) is 17.9 Å².